The van der Waals surface area contributed by atoms with Crippen LogP contribution in [0.1, 0.15) is 30.4 Å². The Bertz CT molecular complexity index is 826. The zero-order valence-electron chi connectivity index (χ0n) is 16.0. The van der Waals surface area contributed by atoms with Crippen molar-refractivity contribution >= 4 is 17.8 Å². The van der Waals surface area contributed by atoms with Gasteiger partial charge in [-0.05, 0) is 17.5 Å². The van der Waals surface area contributed by atoms with E-state index in [0.29, 0.717) is 12.8 Å². The van der Waals surface area contributed by atoms with Gasteiger partial charge >= 0.3 is 12.1 Å². The van der Waals surface area contributed by atoms with Crippen LogP contribution in [0.4, 0.5) is 4.79 Å². The van der Waals surface area contributed by atoms with Crippen molar-refractivity contribution in [3.05, 3.63) is 71.8 Å². The Labute approximate surface area is 169 Å². The number of ketones is 1. The smallest absolute Gasteiger partial charge is 0.407 e. The molecule has 0 aromatic heterocycles. The first kappa shape index (κ1) is 20.5. The summed E-state index contributed by atoms with van der Waals surface area (Å²) in [6, 6.07) is 17.7. The monoisotopic (exact) mass is 396 g/mol. The van der Waals surface area contributed by atoms with Gasteiger partial charge < -0.3 is 14.9 Å². The molecule has 7 nitrogen and oxygen atoms in total. The van der Waals surface area contributed by atoms with Crippen LogP contribution in [0.15, 0.2) is 60.7 Å². The lowest BCUT2D eigenvalue weighted by atomic mass is 9.90. The van der Waals surface area contributed by atoms with Crippen LogP contribution in [0.3, 0.4) is 0 Å². The molecule has 0 aliphatic heterocycles. The molecule has 2 aromatic rings. The molecule has 0 radical (unpaired) electrons. The highest BCUT2D eigenvalue weighted by Gasteiger charge is 2.32. The zero-order chi connectivity index (χ0) is 20.5. The summed E-state index contributed by atoms with van der Waals surface area (Å²) in [6.45, 7) is 0.155. The van der Waals surface area contributed by atoms with E-state index in [4.69, 9.17) is 9.57 Å². The molecule has 0 unspecified atom stereocenters. The summed E-state index contributed by atoms with van der Waals surface area (Å²) in [7, 11) is 0. The predicted octanol–water partition coefficient (Wildman–Crippen LogP) is 2.69. The Morgan fingerprint density at radius 3 is 2.28 bits per heavy atom. The summed E-state index contributed by atoms with van der Waals surface area (Å²) in [4.78, 5) is 41.1. The number of Topliss-reactive ketones (excluding diaryl/α,β-unsaturated/α-hetero) is 1. The Hall–Kier alpha value is -3.19. The molecule has 1 aliphatic rings. The second-order valence-corrected chi connectivity index (χ2v) is 6.95. The van der Waals surface area contributed by atoms with Crippen molar-refractivity contribution in [2.75, 3.05) is 0 Å². The summed E-state index contributed by atoms with van der Waals surface area (Å²) in [5.74, 6) is -0.406. The Kier molecular flexibility index (Phi) is 7.35. The van der Waals surface area contributed by atoms with Crippen molar-refractivity contribution in [3.8, 4) is 0 Å². The minimum Gasteiger partial charge on any atom is -0.445 e. The maximum absolute atomic E-state index is 12.1. The molecular weight excluding hydrogens is 372 g/mol. The van der Waals surface area contributed by atoms with Crippen LogP contribution in [-0.4, -0.2) is 29.9 Å². The molecule has 0 heterocycles. The standard InChI is InChI=1S/C22H24N2O5/c25-18-11-12-19(23-22(27)28-15-17-9-5-2-6-10-17)20(14-18)24-29-21(26)13-16-7-3-1-4-8-16/h1-10,19-20,24H,11-15H2,(H,23,27)/t19-,20+/m0/s1. The van der Waals surface area contributed by atoms with Gasteiger partial charge in [-0.3, -0.25) is 9.59 Å². The van der Waals surface area contributed by atoms with Crippen LogP contribution in [0.25, 0.3) is 0 Å². The first-order chi connectivity index (χ1) is 14.1. The first-order valence-electron chi connectivity index (χ1n) is 9.58. The second kappa shape index (κ2) is 10.4. The Morgan fingerprint density at radius 1 is 0.931 bits per heavy atom. The number of alkyl carbamates (subject to hydrolysis) is 1. The van der Waals surface area contributed by atoms with Gasteiger partial charge in [-0.15, -0.1) is 5.48 Å². The lowest BCUT2D eigenvalue weighted by Crippen LogP contribution is -2.53. The number of hydroxylamine groups is 1. The van der Waals surface area contributed by atoms with E-state index < -0.39 is 18.1 Å². The predicted molar refractivity (Wildman–Crippen MR) is 106 cm³/mol. The molecule has 2 atom stereocenters. The minimum absolute atomic E-state index is 0.0531. The summed E-state index contributed by atoms with van der Waals surface area (Å²) in [6.07, 6.45) is 0.525. The van der Waals surface area contributed by atoms with E-state index in [2.05, 4.69) is 10.8 Å². The number of rotatable bonds is 7. The number of hydrogen-bond donors (Lipinski definition) is 2. The van der Waals surface area contributed by atoms with Gasteiger partial charge in [0.1, 0.15) is 12.4 Å². The minimum atomic E-state index is -0.574. The lowest BCUT2D eigenvalue weighted by Gasteiger charge is -2.31. The molecule has 2 N–H and O–H groups in total. The number of benzene rings is 2. The average molecular weight is 396 g/mol. The molecule has 0 spiro atoms. The van der Waals surface area contributed by atoms with Crippen molar-refractivity contribution in [2.45, 2.75) is 44.4 Å². The molecule has 7 heteroatoms. The first-order valence-corrected chi connectivity index (χ1v) is 9.58. The molecule has 0 bridgehead atoms. The van der Waals surface area contributed by atoms with Gasteiger partial charge in [0.25, 0.3) is 0 Å². The van der Waals surface area contributed by atoms with Crippen LogP contribution in [0, 0.1) is 0 Å². The fourth-order valence-electron chi connectivity index (χ4n) is 3.16. The molecule has 1 fully saturated rings. The molecule has 1 saturated carbocycles. The summed E-state index contributed by atoms with van der Waals surface area (Å²) >= 11 is 0. The third kappa shape index (κ3) is 6.73. The Balaban J connectivity index is 1.48. The number of ether oxygens (including phenoxy) is 1. The third-order valence-corrected chi connectivity index (χ3v) is 4.70. The van der Waals surface area contributed by atoms with Crippen molar-refractivity contribution in [1.29, 1.82) is 0 Å². The van der Waals surface area contributed by atoms with Crippen LogP contribution in [-0.2, 0) is 32.2 Å². The van der Waals surface area contributed by atoms with Gasteiger partial charge in [0.05, 0.1) is 18.5 Å². The van der Waals surface area contributed by atoms with Gasteiger partial charge in [-0.1, -0.05) is 60.7 Å². The molecule has 3 rings (SSSR count). The van der Waals surface area contributed by atoms with Gasteiger partial charge in [0, 0.05) is 12.8 Å². The molecule has 2 aromatic carbocycles. The van der Waals surface area contributed by atoms with E-state index in [1.807, 2.05) is 60.7 Å². The van der Waals surface area contributed by atoms with Crippen LogP contribution >= 0.6 is 0 Å². The highest BCUT2D eigenvalue weighted by Crippen LogP contribution is 2.17. The van der Waals surface area contributed by atoms with E-state index in [0.717, 1.165) is 11.1 Å². The van der Waals surface area contributed by atoms with E-state index >= 15 is 0 Å². The number of amides is 1. The number of carbonyl (C=O) groups is 3. The number of carbonyl (C=O) groups excluding carboxylic acids is 3. The molecule has 0 saturated heterocycles. The maximum atomic E-state index is 12.1. The summed E-state index contributed by atoms with van der Waals surface area (Å²) in [5, 5.41) is 2.77. The Morgan fingerprint density at radius 2 is 1.59 bits per heavy atom. The SMILES string of the molecule is O=C1CC[C@H](NC(=O)OCc2ccccc2)[C@H](NOC(=O)Cc2ccccc2)C1. The third-order valence-electron chi connectivity index (χ3n) is 4.70. The molecule has 152 valence electrons. The molecule has 1 amide bonds. The fraction of sp³-hybridized carbons (Fsp3) is 0.318. The van der Waals surface area contributed by atoms with Gasteiger partial charge in [-0.2, -0.15) is 0 Å². The number of hydrogen-bond acceptors (Lipinski definition) is 6. The van der Waals surface area contributed by atoms with E-state index in [1.54, 1.807) is 0 Å². The molecular formula is C22H24N2O5. The van der Waals surface area contributed by atoms with Crippen molar-refractivity contribution < 1.29 is 24.0 Å². The second-order valence-electron chi connectivity index (χ2n) is 6.95. The van der Waals surface area contributed by atoms with Gasteiger partial charge in [0.15, 0.2) is 0 Å². The van der Waals surface area contributed by atoms with E-state index in [-0.39, 0.29) is 31.3 Å². The summed E-state index contributed by atoms with van der Waals surface area (Å²) < 4.78 is 5.24. The van der Waals surface area contributed by atoms with Crippen molar-refractivity contribution in [2.24, 2.45) is 0 Å². The van der Waals surface area contributed by atoms with Gasteiger partial charge in [-0.25, -0.2) is 4.79 Å². The van der Waals surface area contributed by atoms with E-state index in [9.17, 15) is 14.4 Å². The van der Waals surface area contributed by atoms with E-state index in [1.165, 1.54) is 0 Å². The normalized spacial score (nSPS) is 18.7. The lowest BCUT2D eigenvalue weighted by molar-refractivity contribution is -0.154. The van der Waals surface area contributed by atoms with Crippen molar-refractivity contribution in [1.82, 2.24) is 10.8 Å². The highest BCUT2D eigenvalue weighted by atomic mass is 16.7. The summed E-state index contributed by atoms with van der Waals surface area (Å²) in [5.41, 5.74) is 4.37. The fourth-order valence-corrected chi connectivity index (χ4v) is 3.16. The zero-order valence-corrected chi connectivity index (χ0v) is 16.0. The van der Waals surface area contributed by atoms with Crippen LogP contribution < -0.4 is 10.8 Å². The van der Waals surface area contributed by atoms with Crippen molar-refractivity contribution in [3.63, 3.8) is 0 Å². The van der Waals surface area contributed by atoms with Crippen LogP contribution in [0.2, 0.25) is 0 Å². The van der Waals surface area contributed by atoms with Gasteiger partial charge in [0.2, 0.25) is 0 Å². The number of nitrogens with one attached hydrogen (secondary N) is 2. The molecule has 29 heavy (non-hydrogen) atoms. The average Bonchev–Trinajstić information content (AvgIpc) is 2.74. The quantitative estimate of drug-likeness (QED) is 0.699. The van der Waals surface area contributed by atoms with Crippen LogP contribution in [0.5, 0.6) is 0 Å². The largest absolute Gasteiger partial charge is 0.445 e. The topological polar surface area (TPSA) is 93.7 Å². The molecule has 1 aliphatic carbocycles. The maximum Gasteiger partial charge on any atom is 0.407 e. The highest BCUT2D eigenvalue weighted by molar-refractivity contribution is 5.80.